The molecule has 31 heavy (non-hydrogen) atoms. The molecule has 0 bridgehead atoms. The van der Waals surface area contributed by atoms with Crippen LogP contribution in [0.4, 0.5) is 13.1 Å². The van der Waals surface area contributed by atoms with E-state index in [4.69, 9.17) is 9.47 Å². The molecule has 1 aliphatic rings. The molecule has 168 valence electrons. The fraction of sp³-hybridized carbons (Fsp3) is 0.476. The van der Waals surface area contributed by atoms with Crippen molar-refractivity contribution >= 4 is 18.4 Å². The second kappa shape index (κ2) is 10.1. The number of ether oxygens (including phenoxy) is 2. The predicted molar refractivity (Wildman–Crippen MR) is 115 cm³/mol. The Kier molecular flexibility index (Phi) is 7.53. The van der Waals surface area contributed by atoms with E-state index in [0.29, 0.717) is 35.2 Å². The number of carbonyl (C=O) groups is 1. The Balaban J connectivity index is 1.55. The van der Waals surface area contributed by atoms with Crippen LogP contribution in [-0.2, 0) is 4.74 Å². The highest BCUT2D eigenvalue weighted by Crippen LogP contribution is 2.36. The topological polar surface area (TPSA) is 78.3 Å². The van der Waals surface area contributed by atoms with Gasteiger partial charge in [0.15, 0.2) is 24.0 Å². The van der Waals surface area contributed by atoms with Crippen LogP contribution in [0.5, 0.6) is 5.75 Å². The Morgan fingerprint density at radius 2 is 2.03 bits per heavy atom. The lowest BCUT2D eigenvalue weighted by Gasteiger charge is -2.21. The lowest BCUT2D eigenvalue weighted by atomic mass is 9.85. The van der Waals surface area contributed by atoms with Crippen molar-refractivity contribution in [3.63, 3.8) is 0 Å². The minimum absolute atomic E-state index is 0.0134. The van der Waals surface area contributed by atoms with Crippen LogP contribution in [0.3, 0.4) is 0 Å². The first kappa shape index (κ1) is 23.1. The van der Waals surface area contributed by atoms with E-state index < -0.39 is 11.7 Å². The van der Waals surface area contributed by atoms with E-state index >= 15 is 0 Å². The number of hydrogen-bond donors (Lipinski definition) is 1. The zero-order valence-corrected chi connectivity index (χ0v) is 18.5. The molecule has 10 heteroatoms. The molecule has 1 N–H and O–H groups in total. The molecule has 7 nitrogen and oxygen atoms in total. The average molecular weight is 453 g/mol. The van der Waals surface area contributed by atoms with Gasteiger partial charge in [0.1, 0.15) is 18.0 Å². The molecule has 1 aromatic heterocycles. The van der Waals surface area contributed by atoms with E-state index in [9.17, 15) is 13.1 Å². The van der Waals surface area contributed by atoms with Crippen molar-refractivity contribution in [1.29, 1.82) is 0 Å². The number of hydrogen-bond acceptors (Lipinski definition) is 6. The summed E-state index contributed by atoms with van der Waals surface area (Å²) in [6.07, 6.45) is 2.97. The van der Waals surface area contributed by atoms with Crippen LogP contribution in [0.1, 0.15) is 51.8 Å². The Morgan fingerprint density at radius 1 is 1.32 bits per heavy atom. The molecule has 1 fully saturated rings. The fourth-order valence-electron chi connectivity index (χ4n) is 2.87. The van der Waals surface area contributed by atoms with Crippen molar-refractivity contribution in [3.8, 4) is 17.1 Å². The van der Waals surface area contributed by atoms with Crippen LogP contribution in [-0.4, -0.2) is 39.0 Å². The zero-order valence-electron chi connectivity index (χ0n) is 17.7. The van der Waals surface area contributed by atoms with E-state index in [0.717, 1.165) is 19.3 Å². The molecule has 1 aromatic carbocycles. The van der Waals surface area contributed by atoms with Gasteiger partial charge in [-0.3, -0.25) is 0 Å². The van der Waals surface area contributed by atoms with Crippen molar-refractivity contribution in [2.24, 2.45) is 0 Å². The maximum absolute atomic E-state index is 13.3. The monoisotopic (exact) mass is 452 g/mol. The Hall–Kier alpha value is -2.62. The lowest BCUT2D eigenvalue weighted by Crippen LogP contribution is -2.34. The number of rotatable bonds is 8. The number of nitrogens with zero attached hydrogens (tertiary/aromatic N) is 3. The Labute approximate surface area is 184 Å². The normalized spacial score (nSPS) is 14.8. The maximum atomic E-state index is 13.3. The van der Waals surface area contributed by atoms with Gasteiger partial charge in [0, 0.05) is 23.6 Å². The van der Waals surface area contributed by atoms with Crippen molar-refractivity contribution < 1.29 is 22.5 Å². The van der Waals surface area contributed by atoms with Crippen LogP contribution in [0.15, 0.2) is 36.2 Å². The first-order valence-corrected chi connectivity index (χ1v) is 10.7. The summed E-state index contributed by atoms with van der Waals surface area (Å²) in [7, 11) is 0. The van der Waals surface area contributed by atoms with E-state index in [1.54, 1.807) is 45.0 Å². The molecule has 0 radical (unpaired) electrons. The number of aromatic nitrogens is 3. The Morgan fingerprint density at radius 3 is 2.58 bits per heavy atom. The highest BCUT2D eigenvalue weighted by molar-refractivity contribution is 7.92. The van der Waals surface area contributed by atoms with Gasteiger partial charge in [-0.25, -0.2) is 14.2 Å². The summed E-state index contributed by atoms with van der Waals surface area (Å²) >= 11 is 0.0134. The minimum atomic E-state index is -0.633. The standard InChI is InChI=1S/C21H26F2N4O3S/c1-21(2,3)30-20(28)24-12-14(11-22)13-29-17-9-7-16(8-10-17)19-25-18(15-5-4-6-15)26-27(19)31-23/h7-11,15H,4-6,12-13H2,1-3H3,(H,24,28)/b14-11+. The molecular formula is C21H26F2N4O3S. The lowest BCUT2D eigenvalue weighted by molar-refractivity contribution is 0.0531. The zero-order chi connectivity index (χ0) is 22.4. The summed E-state index contributed by atoms with van der Waals surface area (Å²) < 4.78 is 38.3. The van der Waals surface area contributed by atoms with E-state index in [1.165, 1.54) is 4.09 Å². The highest BCUT2D eigenvalue weighted by atomic mass is 32.2. The number of alkyl carbamates (subject to hydrolysis) is 1. The second-order valence-electron chi connectivity index (χ2n) is 8.30. The molecular weight excluding hydrogens is 426 g/mol. The molecule has 0 saturated heterocycles. The quantitative estimate of drug-likeness (QED) is 0.582. The third kappa shape index (κ3) is 6.43. The highest BCUT2D eigenvalue weighted by Gasteiger charge is 2.26. The van der Waals surface area contributed by atoms with Crippen molar-refractivity contribution in [1.82, 2.24) is 19.5 Å². The second-order valence-corrected chi connectivity index (χ2v) is 8.78. The summed E-state index contributed by atoms with van der Waals surface area (Å²) in [6.45, 7) is 5.15. The maximum Gasteiger partial charge on any atom is 0.407 e. The smallest absolute Gasteiger partial charge is 0.407 e. The van der Waals surface area contributed by atoms with Gasteiger partial charge in [-0.05, 0) is 57.9 Å². The van der Waals surface area contributed by atoms with Gasteiger partial charge in [-0.2, -0.15) is 4.09 Å². The van der Waals surface area contributed by atoms with Gasteiger partial charge in [0.05, 0.1) is 6.33 Å². The molecule has 0 unspecified atom stereocenters. The van der Waals surface area contributed by atoms with E-state index in [1.807, 2.05) is 0 Å². The van der Waals surface area contributed by atoms with Crippen LogP contribution in [0.25, 0.3) is 11.4 Å². The third-order valence-electron chi connectivity index (χ3n) is 4.68. The van der Waals surface area contributed by atoms with E-state index in [-0.39, 0.29) is 31.1 Å². The van der Waals surface area contributed by atoms with Crippen LogP contribution in [0.2, 0.25) is 0 Å². The van der Waals surface area contributed by atoms with Gasteiger partial charge >= 0.3 is 6.09 Å². The number of carbonyl (C=O) groups excluding carboxylic acids is 1. The molecule has 1 aliphatic carbocycles. The molecule has 0 spiro atoms. The molecule has 0 aliphatic heterocycles. The molecule has 2 aromatic rings. The number of benzene rings is 1. The average Bonchev–Trinajstić information content (AvgIpc) is 3.09. The molecule has 0 atom stereocenters. The van der Waals surface area contributed by atoms with Gasteiger partial charge < -0.3 is 14.8 Å². The summed E-state index contributed by atoms with van der Waals surface area (Å²) in [4.78, 5) is 16.2. The summed E-state index contributed by atoms with van der Waals surface area (Å²) in [6, 6.07) is 6.87. The Bertz CT molecular complexity index is 922. The van der Waals surface area contributed by atoms with Crippen LogP contribution >= 0.6 is 12.3 Å². The number of amides is 1. The largest absolute Gasteiger partial charge is 0.489 e. The van der Waals surface area contributed by atoms with Crippen molar-refractivity contribution in [2.45, 2.75) is 51.6 Å². The minimum Gasteiger partial charge on any atom is -0.489 e. The van der Waals surface area contributed by atoms with Gasteiger partial charge in [-0.15, -0.1) is 8.98 Å². The SMILES string of the molecule is CC(C)(C)OC(=O)NC/C(=C\F)COc1ccc(-c2nc(C3CCC3)nn2SF)cc1. The van der Waals surface area contributed by atoms with Crippen LogP contribution in [0, 0.1) is 0 Å². The molecule has 1 amide bonds. The van der Waals surface area contributed by atoms with Crippen LogP contribution < -0.4 is 10.1 Å². The van der Waals surface area contributed by atoms with Gasteiger partial charge in [0.2, 0.25) is 0 Å². The molecule has 1 saturated carbocycles. The van der Waals surface area contributed by atoms with Crippen molar-refractivity contribution in [3.05, 3.63) is 42.0 Å². The number of nitrogens with one attached hydrogen (secondary N) is 1. The predicted octanol–water partition coefficient (Wildman–Crippen LogP) is 5.35. The fourth-order valence-corrected chi connectivity index (χ4v) is 3.20. The first-order valence-electron chi connectivity index (χ1n) is 10.0. The molecule has 1 heterocycles. The van der Waals surface area contributed by atoms with E-state index in [2.05, 4.69) is 15.4 Å². The van der Waals surface area contributed by atoms with Crippen molar-refractivity contribution in [2.75, 3.05) is 13.2 Å². The van der Waals surface area contributed by atoms with Gasteiger partial charge in [-0.1, -0.05) is 6.42 Å². The molecule has 3 rings (SSSR count). The summed E-state index contributed by atoms with van der Waals surface area (Å²) in [5.74, 6) is 1.90. The number of halogens is 2. The third-order valence-corrected chi connectivity index (χ3v) is 5.07. The summed E-state index contributed by atoms with van der Waals surface area (Å²) in [5, 5.41) is 6.73. The van der Waals surface area contributed by atoms with Gasteiger partial charge in [0.25, 0.3) is 0 Å². The summed E-state index contributed by atoms with van der Waals surface area (Å²) in [5.41, 5.74) is 0.308. The first-order chi connectivity index (χ1) is 14.8.